The van der Waals surface area contributed by atoms with E-state index in [4.69, 9.17) is 5.73 Å². The van der Waals surface area contributed by atoms with Crippen molar-refractivity contribution < 1.29 is 0 Å². The van der Waals surface area contributed by atoms with Crippen LogP contribution in [0.15, 0.2) is 17.3 Å². The predicted octanol–water partition coefficient (Wildman–Crippen LogP) is 1.38. The zero-order valence-electron chi connectivity index (χ0n) is 10.1. The summed E-state index contributed by atoms with van der Waals surface area (Å²) in [6, 6.07) is 2.47. The van der Waals surface area contributed by atoms with Gasteiger partial charge in [0.25, 0.3) is 0 Å². The van der Waals surface area contributed by atoms with Gasteiger partial charge in [-0.15, -0.1) is 24.0 Å². The minimum atomic E-state index is 0. The number of nitrogens with one attached hydrogen (secondary N) is 1. The molecule has 0 amide bonds. The van der Waals surface area contributed by atoms with Gasteiger partial charge in [-0.25, -0.2) is 4.99 Å². The Morgan fingerprint density at radius 1 is 1.59 bits per heavy atom. The Hall–Kier alpha value is -0.790. The summed E-state index contributed by atoms with van der Waals surface area (Å²) < 4.78 is 1.81. The zero-order chi connectivity index (χ0) is 11.4. The Morgan fingerprint density at radius 3 is 2.88 bits per heavy atom. The molecule has 1 heterocycles. The van der Waals surface area contributed by atoms with Gasteiger partial charge >= 0.3 is 0 Å². The van der Waals surface area contributed by atoms with Gasteiger partial charge in [0.2, 0.25) is 0 Å². The zero-order valence-corrected chi connectivity index (χ0v) is 12.4. The van der Waals surface area contributed by atoms with Crippen molar-refractivity contribution in [1.29, 1.82) is 0 Å². The summed E-state index contributed by atoms with van der Waals surface area (Å²) in [5.74, 6) is 0.549. The van der Waals surface area contributed by atoms with E-state index in [9.17, 15) is 0 Å². The van der Waals surface area contributed by atoms with Crippen LogP contribution in [0, 0.1) is 0 Å². The second-order valence-corrected chi connectivity index (χ2v) is 4.27. The minimum absolute atomic E-state index is 0. The smallest absolute Gasteiger partial charge is 0.189 e. The van der Waals surface area contributed by atoms with Crippen molar-refractivity contribution in [3.63, 3.8) is 0 Å². The number of hydrogen-bond donors (Lipinski definition) is 2. The van der Waals surface area contributed by atoms with Gasteiger partial charge < -0.3 is 11.1 Å². The van der Waals surface area contributed by atoms with Crippen molar-refractivity contribution in [2.75, 3.05) is 0 Å². The molecule has 3 N–H and O–H groups in total. The molecule has 1 aliphatic carbocycles. The van der Waals surface area contributed by atoms with Crippen LogP contribution in [0.1, 0.15) is 31.4 Å². The lowest BCUT2D eigenvalue weighted by molar-refractivity contribution is 0.624. The summed E-state index contributed by atoms with van der Waals surface area (Å²) in [5.41, 5.74) is 6.90. The van der Waals surface area contributed by atoms with Crippen LogP contribution in [0.5, 0.6) is 0 Å². The summed E-state index contributed by atoms with van der Waals surface area (Å²) in [7, 11) is 1.91. The third-order valence-electron chi connectivity index (χ3n) is 3.04. The molecule has 1 saturated carbocycles. The maximum absolute atomic E-state index is 5.83. The molecule has 0 radical (unpaired) electrons. The lowest BCUT2D eigenvalue weighted by atomic mass is 10.2. The summed E-state index contributed by atoms with van der Waals surface area (Å²) in [4.78, 5) is 4.31. The molecule has 0 atom stereocenters. The number of aryl methyl sites for hydroxylation is 1. The van der Waals surface area contributed by atoms with Crippen molar-refractivity contribution in [3.8, 4) is 0 Å². The highest BCUT2D eigenvalue weighted by atomic mass is 127. The number of guanidine groups is 1. The molecule has 0 aromatic carbocycles. The van der Waals surface area contributed by atoms with E-state index in [2.05, 4.69) is 15.4 Å². The van der Waals surface area contributed by atoms with Crippen LogP contribution in [0.4, 0.5) is 0 Å². The van der Waals surface area contributed by atoms with Crippen molar-refractivity contribution in [2.24, 2.45) is 17.8 Å². The highest BCUT2D eigenvalue weighted by Crippen LogP contribution is 2.17. The molecule has 17 heavy (non-hydrogen) atoms. The van der Waals surface area contributed by atoms with Gasteiger partial charge in [0.1, 0.15) is 0 Å². The van der Waals surface area contributed by atoms with E-state index in [-0.39, 0.29) is 24.0 Å². The molecule has 96 valence electrons. The fourth-order valence-corrected chi connectivity index (χ4v) is 2.05. The molecule has 1 fully saturated rings. The Balaban J connectivity index is 0.00000144. The van der Waals surface area contributed by atoms with Crippen molar-refractivity contribution in [2.45, 2.75) is 38.3 Å². The van der Waals surface area contributed by atoms with Gasteiger partial charge in [0.15, 0.2) is 5.96 Å². The van der Waals surface area contributed by atoms with Crippen LogP contribution in [-0.2, 0) is 13.6 Å². The van der Waals surface area contributed by atoms with Gasteiger partial charge in [0.05, 0.1) is 12.2 Å². The standard InChI is InChI=1S/C11H19N5.HI/c1-16-10(6-7-14-16)8-13-11(12)15-9-4-2-3-5-9;/h6-7,9H,2-5,8H2,1H3,(H3,12,13,15);1H. The first-order valence-electron chi connectivity index (χ1n) is 5.79. The maximum Gasteiger partial charge on any atom is 0.189 e. The van der Waals surface area contributed by atoms with Crippen molar-refractivity contribution in [3.05, 3.63) is 18.0 Å². The molecule has 1 aromatic heterocycles. The Morgan fingerprint density at radius 2 is 2.29 bits per heavy atom. The molecule has 0 saturated heterocycles. The third kappa shape index (κ3) is 4.18. The normalized spacial score (nSPS) is 16.9. The average molecular weight is 349 g/mol. The first-order valence-corrected chi connectivity index (χ1v) is 5.79. The molecule has 5 nitrogen and oxygen atoms in total. The topological polar surface area (TPSA) is 68.2 Å². The lowest BCUT2D eigenvalue weighted by Gasteiger charge is -2.12. The molecule has 0 spiro atoms. The Bertz CT molecular complexity index is 368. The molecule has 0 bridgehead atoms. The number of halogens is 1. The fourth-order valence-electron chi connectivity index (χ4n) is 2.05. The number of hydrogen-bond acceptors (Lipinski definition) is 2. The highest BCUT2D eigenvalue weighted by molar-refractivity contribution is 14.0. The maximum atomic E-state index is 5.83. The molecular formula is C11H20IN5. The lowest BCUT2D eigenvalue weighted by Crippen LogP contribution is -2.38. The third-order valence-corrected chi connectivity index (χ3v) is 3.04. The van der Waals surface area contributed by atoms with Crippen molar-refractivity contribution in [1.82, 2.24) is 15.1 Å². The predicted molar refractivity (Wildman–Crippen MR) is 79.3 cm³/mol. The molecular weight excluding hydrogens is 329 g/mol. The summed E-state index contributed by atoms with van der Waals surface area (Å²) in [6.07, 6.45) is 6.79. The van der Waals surface area contributed by atoms with Crippen LogP contribution < -0.4 is 11.1 Å². The highest BCUT2D eigenvalue weighted by Gasteiger charge is 2.14. The second kappa shape index (κ2) is 6.83. The second-order valence-electron chi connectivity index (χ2n) is 4.27. The fraction of sp³-hybridized carbons (Fsp3) is 0.636. The average Bonchev–Trinajstić information content (AvgIpc) is 2.87. The van der Waals surface area contributed by atoms with E-state index in [1.165, 1.54) is 25.7 Å². The van der Waals surface area contributed by atoms with Gasteiger partial charge in [-0.3, -0.25) is 4.68 Å². The molecule has 6 heteroatoms. The first kappa shape index (κ1) is 14.3. The van der Waals surface area contributed by atoms with E-state index in [1.807, 2.05) is 17.8 Å². The summed E-state index contributed by atoms with van der Waals surface area (Å²) in [5, 5.41) is 7.34. The van der Waals surface area contributed by atoms with Crippen LogP contribution in [0.25, 0.3) is 0 Å². The quantitative estimate of drug-likeness (QED) is 0.492. The number of rotatable bonds is 3. The molecule has 0 aliphatic heterocycles. The Labute approximate surface area is 119 Å². The van der Waals surface area contributed by atoms with Crippen LogP contribution in [0.2, 0.25) is 0 Å². The van der Waals surface area contributed by atoms with E-state index < -0.39 is 0 Å². The monoisotopic (exact) mass is 349 g/mol. The number of aliphatic imine (C=N–C) groups is 1. The Kier molecular flexibility index (Phi) is 5.73. The number of nitrogens with zero attached hydrogens (tertiary/aromatic N) is 3. The number of nitrogens with two attached hydrogens (primary N) is 1. The minimum Gasteiger partial charge on any atom is -0.370 e. The molecule has 1 aliphatic rings. The van der Waals surface area contributed by atoms with Crippen LogP contribution >= 0.6 is 24.0 Å². The van der Waals surface area contributed by atoms with Crippen LogP contribution in [-0.4, -0.2) is 21.8 Å². The van der Waals surface area contributed by atoms with Gasteiger partial charge in [0, 0.05) is 19.3 Å². The molecule has 1 aromatic rings. The molecule has 0 unspecified atom stereocenters. The largest absolute Gasteiger partial charge is 0.370 e. The number of aromatic nitrogens is 2. The van der Waals surface area contributed by atoms with Gasteiger partial charge in [-0.2, -0.15) is 5.10 Å². The first-order chi connectivity index (χ1) is 7.75. The summed E-state index contributed by atoms with van der Waals surface area (Å²) in [6.45, 7) is 0.585. The SMILES string of the molecule is Cn1nccc1CN=C(N)NC1CCCC1.I. The van der Waals surface area contributed by atoms with Crippen LogP contribution in [0.3, 0.4) is 0 Å². The van der Waals surface area contributed by atoms with Gasteiger partial charge in [-0.1, -0.05) is 12.8 Å². The molecule has 2 rings (SSSR count). The van der Waals surface area contributed by atoms with E-state index in [0.29, 0.717) is 18.5 Å². The van der Waals surface area contributed by atoms with Crippen molar-refractivity contribution >= 4 is 29.9 Å². The van der Waals surface area contributed by atoms with E-state index in [1.54, 1.807) is 6.20 Å². The van der Waals surface area contributed by atoms with E-state index in [0.717, 1.165) is 5.69 Å². The van der Waals surface area contributed by atoms with Gasteiger partial charge in [-0.05, 0) is 18.9 Å². The van der Waals surface area contributed by atoms with E-state index >= 15 is 0 Å². The summed E-state index contributed by atoms with van der Waals surface area (Å²) >= 11 is 0.